The molecule has 0 spiro atoms. The van der Waals surface area contributed by atoms with Crippen LogP contribution in [0.2, 0.25) is 0 Å². The van der Waals surface area contributed by atoms with Gasteiger partial charge in [0.1, 0.15) is 25.3 Å². The van der Waals surface area contributed by atoms with E-state index in [1.54, 1.807) is 0 Å². The molecule has 64 heavy (non-hydrogen) atoms. The molecule has 0 fully saturated rings. The van der Waals surface area contributed by atoms with E-state index >= 15 is 0 Å². The minimum atomic E-state index is -1.43. The number of hydrogen-bond donors (Lipinski definition) is 10. The molecule has 0 heterocycles. The van der Waals surface area contributed by atoms with Crippen LogP contribution >= 0.6 is 0 Å². The first-order chi connectivity index (χ1) is 30.5. The van der Waals surface area contributed by atoms with E-state index in [1.165, 1.54) is 0 Å². The second-order valence-corrected chi connectivity index (χ2v) is 14.6. The van der Waals surface area contributed by atoms with Crippen LogP contribution in [0.25, 0.3) is 0 Å². The highest BCUT2D eigenvalue weighted by molar-refractivity contribution is 5.86. The van der Waals surface area contributed by atoms with E-state index in [1.807, 2.05) is 0 Å². The maximum absolute atomic E-state index is 12.2. The molecule has 0 aliphatic rings. The minimum absolute atomic E-state index is 0.00885. The number of carboxylic acid groups (broad SMARTS) is 4. The number of nitrogens with two attached hydrogens (primary N) is 1. The number of carbonyl (C=O) groups excluding carboxylic acids is 6. The van der Waals surface area contributed by atoms with E-state index in [2.05, 4.69) is 26.6 Å². The van der Waals surface area contributed by atoms with Gasteiger partial charge in [0, 0.05) is 51.2 Å². The molecule has 0 rings (SSSR count). The zero-order chi connectivity index (χ0) is 48.0. The smallest absolute Gasteiger partial charge is 0.326 e. The van der Waals surface area contributed by atoms with Crippen LogP contribution in [0.15, 0.2) is 0 Å². The van der Waals surface area contributed by atoms with Gasteiger partial charge in [-0.15, -0.1) is 0 Å². The zero-order valence-electron chi connectivity index (χ0n) is 36.4. The lowest BCUT2D eigenvalue weighted by Crippen LogP contribution is -2.44. The summed E-state index contributed by atoms with van der Waals surface area (Å²) in [6, 6.07) is -3.50. The molecule has 24 heteroatoms. The van der Waals surface area contributed by atoms with Crippen molar-refractivity contribution < 1.29 is 87.3 Å². The van der Waals surface area contributed by atoms with Crippen molar-refractivity contribution in [1.82, 2.24) is 26.6 Å². The number of primary amides is 1. The van der Waals surface area contributed by atoms with Gasteiger partial charge in [0.05, 0.1) is 46.1 Å². The first-order valence-corrected chi connectivity index (χ1v) is 21.4. The predicted molar refractivity (Wildman–Crippen MR) is 223 cm³/mol. The number of aliphatic carboxylic acids is 4. The molecule has 366 valence electrons. The van der Waals surface area contributed by atoms with Gasteiger partial charge in [0.15, 0.2) is 0 Å². The number of hydrogen-bond acceptors (Lipinski definition) is 14. The van der Waals surface area contributed by atoms with E-state index in [4.69, 9.17) is 34.9 Å². The maximum Gasteiger partial charge on any atom is 0.326 e. The van der Waals surface area contributed by atoms with Crippen molar-refractivity contribution >= 4 is 59.3 Å². The Kier molecular flexibility index (Phi) is 34.8. The maximum atomic E-state index is 12.2. The van der Waals surface area contributed by atoms with Crippen LogP contribution < -0.4 is 32.3 Å². The summed E-state index contributed by atoms with van der Waals surface area (Å²) in [5, 5.41) is 48.8. The number of ether oxygens (including phenoxy) is 4. The quantitative estimate of drug-likeness (QED) is 0.0335. The molecule has 0 aliphatic carbocycles. The Morgan fingerprint density at radius 1 is 0.422 bits per heavy atom. The molecule has 0 aromatic carbocycles. The first-order valence-electron chi connectivity index (χ1n) is 21.4. The highest BCUT2D eigenvalue weighted by Gasteiger charge is 2.23. The van der Waals surface area contributed by atoms with Gasteiger partial charge < -0.3 is 71.7 Å². The largest absolute Gasteiger partial charge is 0.481 e. The Hall–Kier alpha value is -5.46. The van der Waals surface area contributed by atoms with Crippen molar-refractivity contribution in [3.63, 3.8) is 0 Å². The Morgan fingerprint density at radius 2 is 0.859 bits per heavy atom. The minimum Gasteiger partial charge on any atom is -0.481 e. The number of carbonyl (C=O) groups is 10. The number of unbranched alkanes of at least 4 members (excludes halogenated alkanes) is 7. The first kappa shape index (κ1) is 58.5. The van der Waals surface area contributed by atoms with Crippen molar-refractivity contribution in [2.24, 2.45) is 5.73 Å². The Bertz CT molecular complexity index is 1450. The molecule has 0 aliphatic heterocycles. The molecule has 0 aromatic rings. The molecule has 3 unspecified atom stereocenters. The fraction of sp³-hybridized carbons (Fsp3) is 0.750. The molecule has 0 radical (unpaired) electrons. The molecular formula is C40H68N6O18. The van der Waals surface area contributed by atoms with Crippen LogP contribution in [0.3, 0.4) is 0 Å². The topological polar surface area (TPSA) is 375 Å². The average molecular weight is 921 g/mol. The second kappa shape index (κ2) is 38.0. The standard InChI is InChI=1S/C40H68N6O18/c41-31(47)14-11-28(25-38(55)56)44-34(50)16-13-30(40(59)60)46-36(52)27-64-24-22-62-20-18-43-35(51)26-63-23-21-61-19-17-42-32(48)15-12-29(39(57)58)45-33(49)9-7-5-3-1-2-4-6-8-10-37(53)54/h28-30H,1-27H2,(H2,41,47)(H,42,48)(H,43,51)(H,44,50)(H,45,49)(H,46,52)(H,53,54)(H,55,56)(H,57,58)(H,59,60). The highest BCUT2D eigenvalue weighted by atomic mass is 16.5. The summed E-state index contributed by atoms with van der Waals surface area (Å²) < 4.78 is 21.1. The van der Waals surface area contributed by atoms with Gasteiger partial charge in [-0.2, -0.15) is 0 Å². The summed E-state index contributed by atoms with van der Waals surface area (Å²) >= 11 is 0. The van der Waals surface area contributed by atoms with E-state index in [0.717, 1.165) is 38.5 Å². The average Bonchev–Trinajstić information content (AvgIpc) is 3.22. The summed E-state index contributed by atoms with van der Waals surface area (Å²) in [4.78, 5) is 116. The third-order valence-electron chi connectivity index (χ3n) is 9.00. The summed E-state index contributed by atoms with van der Waals surface area (Å²) in [6.07, 6.45) is 5.78. The number of nitrogens with one attached hydrogen (secondary N) is 5. The fourth-order valence-corrected chi connectivity index (χ4v) is 5.68. The van der Waals surface area contributed by atoms with Crippen LogP contribution in [0.1, 0.15) is 109 Å². The number of rotatable bonds is 43. The third kappa shape index (κ3) is 37.1. The molecule has 0 aromatic heterocycles. The highest BCUT2D eigenvalue weighted by Crippen LogP contribution is 2.11. The summed E-state index contributed by atoms with van der Waals surface area (Å²) in [5.74, 6) is -7.94. The van der Waals surface area contributed by atoms with Crippen LogP contribution in [-0.4, -0.2) is 164 Å². The summed E-state index contributed by atoms with van der Waals surface area (Å²) in [7, 11) is 0. The third-order valence-corrected chi connectivity index (χ3v) is 9.00. The molecule has 0 saturated carbocycles. The molecule has 0 bridgehead atoms. The lowest BCUT2D eigenvalue weighted by molar-refractivity contribution is -0.143. The Labute approximate surface area is 371 Å². The SMILES string of the molecule is NC(=O)CCC(CC(=O)O)NC(=O)CCC(NC(=O)COCCOCCNC(=O)COCCOCCNC(=O)CCC(NC(=O)CCCCCCCCCCC(=O)O)C(=O)O)C(=O)O. The van der Waals surface area contributed by atoms with Crippen molar-refractivity contribution in [2.75, 3.05) is 65.9 Å². The monoisotopic (exact) mass is 920 g/mol. The fourth-order valence-electron chi connectivity index (χ4n) is 5.68. The van der Waals surface area contributed by atoms with Crippen molar-refractivity contribution in [1.29, 1.82) is 0 Å². The molecule has 0 saturated heterocycles. The predicted octanol–water partition coefficient (Wildman–Crippen LogP) is -0.805. The van der Waals surface area contributed by atoms with Gasteiger partial charge in [-0.1, -0.05) is 38.5 Å². The van der Waals surface area contributed by atoms with E-state index in [9.17, 15) is 58.2 Å². The van der Waals surface area contributed by atoms with Gasteiger partial charge in [0.2, 0.25) is 35.4 Å². The second-order valence-electron chi connectivity index (χ2n) is 14.6. The van der Waals surface area contributed by atoms with Gasteiger partial charge in [-0.3, -0.25) is 38.4 Å². The molecule has 24 nitrogen and oxygen atoms in total. The van der Waals surface area contributed by atoms with Crippen LogP contribution in [0.5, 0.6) is 0 Å². The van der Waals surface area contributed by atoms with E-state index in [-0.39, 0.29) is 111 Å². The molecular weight excluding hydrogens is 852 g/mol. The summed E-state index contributed by atoms with van der Waals surface area (Å²) in [6.45, 7) is 0.0676. The van der Waals surface area contributed by atoms with E-state index < -0.39 is 90.5 Å². The Balaban J connectivity index is 3.92. The molecule has 3 atom stereocenters. The van der Waals surface area contributed by atoms with Crippen LogP contribution in [0.4, 0.5) is 0 Å². The molecule has 6 amide bonds. The normalized spacial score (nSPS) is 12.2. The van der Waals surface area contributed by atoms with Gasteiger partial charge in [-0.05, 0) is 32.1 Å². The van der Waals surface area contributed by atoms with Crippen LogP contribution in [0, 0.1) is 0 Å². The van der Waals surface area contributed by atoms with Gasteiger partial charge in [0.25, 0.3) is 0 Å². The number of carboxylic acids is 4. The number of amides is 6. The van der Waals surface area contributed by atoms with Crippen molar-refractivity contribution in [2.45, 2.75) is 127 Å². The lowest BCUT2D eigenvalue weighted by Gasteiger charge is -2.18. The zero-order valence-corrected chi connectivity index (χ0v) is 36.4. The molecule has 11 N–H and O–H groups in total. The van der Waals surface area contributed by atoms with Crippen molar-refractivity contribution in [3.8, 4) is 0 Å². The summed E-state index contributed by atoms with van der Waals surface area (Å²) in [5.41, 5.74) is 5.07. The van der Waals surface area contributed by atoms with Gasteiger partial charge >= 0.3 is 23.9 Å². The van der Waals surface area contributed by atoms with Crippen LogP contribution in [-0.2, 0) is 66.9 Å². The lowest BCUT2D eigenvalue weighted by atomic mass is 10.1. The van der Waals surface area contributed by atoms with Crippen molar-refractivity contribution in [3.05, 3.63) is 0 Å². The Morgan fingerprint density at radius 3 is 1.36 bits per heavy atom. The van der Waals surface area contributed by atoms with Gasteiger partial charge in [-0.25, -0.2) is 9.59 Å². The van der Waals surface area contributed by atoms with E-state index in [0.29, 0.717) is 12.8 Å².